The predicted octanol–water partition coefficient (Wildman–Crippen LogP) is 3.15. The van der Waals surface area contributed by atoms with E-state index in [1.807, 2.05) is 35.8 Å². The molecule has 6 aliphatic rings. The fourth-order valence-electron chi connectivity index (χ4n) is 11.0. The minimum atomic E-state index is -1.94. The molecule has 470 valence electrons. The molecule has 1 saturated carbocycles. The SMILES string of the molecule is CCNC1COC(OC2C(O[C@H]3C#CCCC#C[C@]4(O)CC(=O)C(NC(=O)OC)C3/C4=C\CSSSC)OC(C)C(NOC3CC(O)C(SC(=O)c4c(C)c(I)c(OC5OC(C)C(O)C(OC)C5O)c(OC)c4OC)C(C)O3)C2O)CC1OC. The number of hydroxylamine groups is 1. The van der Waals surface area contributed by atoms with Gasteiger partial charge in [0.05, 0.1) is 91.3 Å². The average Bonchev–Trinajstić information content (AvgIpc) is 1.36. The number of hydrogen-bond acceptors (Lipinski definition) is 27. The number of amides is 1. The molecule has 1 aromatic carbocycles. The van der Waals surface area contributed by atoms with Gasteiger partial charge in [-0.25, -0.2) is 4.79 Å². The first-order valence-corrected chi connectivity index (χ1v) is 33.4. The van der Waals surface area contributed by atoms with E-state index in [0.29, 0.717) is 27.0 Å². The van der Waals surface area contributed by atoms with Gasteiger partial charge in [0.25, 0.3) is 0 Å². The maximum absolute atomic E-state index is 14.4. The molecule has 1 amide bonds. The van der Waals surface area contributed by atoms with Crippen LogP contribution in [0.4, 0.5) is 4.79 Å². The van der Waals surface area contributed by atoms with E-state index in [-0.39, 0.29) is 67.2 Å². The lowest BCUT2D eigenvalue weighted by atomic mass is 9.68. The van der Waals surface area contributed by atoms with Gasteiger partial charge in [-0.05, 0) is 84.0 Å². The standard InChI is InChI=1S/C55H78IN3O21S4/c1-12-57-30-24-73-35(22-34(30)68-6)78-48-43(63)40(26(3)75-53(48)77-33-17-15-13-14-16-19-55(67)23-32(61)41(58-54(66)72-10)38(33)29(55)18-20-82-84-81-11)59-80-36-21-31(60)50(28(5)74-36)83-51(65)37-25(2)39(56)46(49(71-9)45(37)69-7)79-52-44(64)47(70-8)42(62)27(4)76-52/h18,26-28,30-31,33-36,38,40-44,47-48,50,52-53,57,59-60,62-64,67H,12-14,20-24H2,1-11H3,(H,58,66)/b29-18+/t26?,27?,28?,30?,31?,33-,34?,35?,36?,38?,40?,41?,42?,43?,44?,47?,48?,50?,52?,53?,55-/m0/s1. The lowest BCUT2D eigenvalue weighted by molar-refractivity contribution is -0.339. The number of hydrogen-bond donors (Lipinski definition) is 8. The maximum Gasteiger partial charge on any atom is 0.407 e. The molecule has 4 saturated heterocycles. The predicted molar refractivity (Wildman–Crippen MR) is 320 cm³/mol. The number of likely N-dealkylation sites (N-methyl/N-ethyl adjacent to an activating group) is 1. The van der Waals surface area contributed by atoms with Gasteiger partial charge in [0.2, 0.25) is 17.2 Å². The van der Waals surface area contributed by atoms with Crippen molar-refractivity contribution in [1.29, 1.82) is 0 Å². The molecule has 7 rings (SSSR count). The largest absolute Gasteiger partial charge is 0.492 e. The third-order valence-corrected chi connectivity index (χ3v) is 21.8. The molecular weight excluding hydrogens is 1290 g/mol. The number of thioether (sulfide) groups is 1. The highest BCUT2D eigenvalue weighted by Crippen LogP contribution is 2.49. The molecule has 0 radical (unpaired) electrons. The van der Waals surface area contributed by atoms with E-state index in [1.165, 1.54) is 59.9 Å². The number of methoxy groups -OCH3 is 5. The van der Waals surface area contributed by atoms with Crippen molar-refractivity contribution in [3.8, 4) is 40.9 Å². The van der Waals surface area contributed by atoms with Crippen molar-refractivity contribution in [1.82, 2.24) is 16.1 Å². The van der Waals surface area contributed by atoms with E-state index in [2.05, 4.69) is 39.8 Å². The van der Waals surface area contributed by atoms with E-state index in [0.717, 1.165) is 11.8 Å². The van der Waals surface area contributed by atoms with Gasteiger partial charge in [-0.2, -0.15) is 5.48 Å². The van der Waals surface area contributed by atoms with E-state index >= 15 is 0 Å². The lowest BCUT2D eigenvalue weighted by Crippen LogP contribution is -2.66. The van der Waals surface area contributed by atoms with Crippen LogP contribution < -0.4 is 30.3 Å². The van der Waals surface area contributed by atoms with Gasteiger partial charge in [-0.1, -0.05) is 70.0 Å². The first-order valence-electron chi connectivity index (χ1n) is 27.4. The molecule has 0 aromatic heterocycles. The second kappa shape index (κ2) is 31.8. The van der Waals surface area contributed by atoms with Crippen LogP contribution in [-0.2, 0) is 52.3 Å². The molecular formula is C55H78IN3O21S4. The summed E-state index contributed by atoms with van der Waals surface area (Å²) in [5, 5.41) is 62.9. The Morgan fingerprint density at radius 3 is 2.26 bits per heavy atom. The number of Topliss-reactive ketones (excluding diaryl/α,β-unsaturated/α-hetero) is 1. The number of ether oxygens (including phenoxy) is 12. The Kier molecular flexibility index (Phi) is 26.2. The van der Waals surface area contributed by atoms with Crippen molar-refractivity contribution in [3.63, 3.8) is 0 Å². The maximum atomic E-state index is 14.4. The molecule has 1 aromatic rings. The molecule has 2 aliphatic carbocycles. The Hall–Kier alpha value is -2.42. The van der Waals surface area contributed by atoms with E-state index in [1.54, 1.807) is 40.9 Å². The van der Waals surface area contributed by atoms with Crippen LogP contribution >= 0.6 is 65.8 Å². The summed E-state index contributed by atoms with van der Waals surface area (Å²) in [4.78, 5) is 47.7. The topological polar surface area (TPSA) is 308 Å². The highest BCUT2D eigenvalue weighted by molar-refractivity contribution is 14.1. The molecule has 29 heteroatoms. The van der Waals surface area contributed by atoms with Crippen LogP contribution in [0.5, 0.6) is 17.2 Å². The summed E-state index contributed by atoms with van der Waals surface area (Å²) in [7, 11) is 11.4. The van der Waals surface area contributed by atoms with Crippen LogP contribution in [0.3, 0.4) is 0 Å². The average molecular weight is 1370 g/mol. The second-order valence-corrected chi connectivity index (χ2v) is 27.3. The number of carbonyl (C=O) groups excluding carboxylic acids is 3. The fourth-order valence-corrected chi connectivity index (χ4v) is 15.2. The monoisotopic (exact) mass is 1370 g/mol. The number of benzene rings is 1. The Labute approximate surface area is 519 Å². The highest BCUT2D eigenvalue weighted by atomic mass is 127. The third-order valence-electron chi connectivity index (χ3n) is 15.3. The van der Waals surface area contributed by atoms with Crippen LogP contribution in [-0.4, -0.2) is 225 Å². The van der Waals surface area contributed by atoms with Gasteiger partial charge in [0.1, 0.15) is 42.7 Å². The molecule has 8 N–H and O–H groups in total. The quantitative estimate of drug-likeness (QED) is 0.0206. The molecule has 24 nitrogen and oxygen atoms in total. The second-order valence-electron chi connectivity index (χ2n) is 20.7. The normalized spacial score (nSPS) is 37.4. The first-order chi connectivity index (χ1) is 40.2. The van der Waals surface area contributed by atoms with Gasteiger partial charge < -0.3 is 93.0 Å². The number of alkyl carbamates (subject to hydrolysis) is 1. The zero-order chi connectivity index (χ0) is 61.2. The summed E-state index contributed by atoms with van der Waals surface area (Å²) in [6.07, 6.45) is -13.5. The summed E-state index contributed by atoms with van der Waals surface area (Å²) in [6, 6.07) is -2.53. The van der Waals surface area contributed by atoms with Gasteiger partial charge in [0, 0.05) is 51.6 Å². The van der Waals surface area contributed by atoms with Gasteiger partial charge in [0.15, 0.2) is 41.8 Å². The van der Waals surface area contributed by atoms with Crippen LogP contribution in [0.2, 0.25) is 0 Å². The van der Waals surface area contributed by atoms with Crippen LogP contribution in [0.25, 0.3) is 0 Å². The molecule has 0 spiro atoms. The minimum Gasteiger partial charge on any atom is -0.492 e. The molecule has 5 fully saturated rings. The summed E-state index contributed by atoms with van der Waals surface area (Å²) >= 11 is 2.84. The van der Waals surface area contributed by atoms with E-state index in [9.17, 15) is 39.9 Å². The number of ketones is 1. The smallest absolute Gasteiger partial charge is 0.407 e. The highest BCUT2D eigenvalue weighted by Gasteiger charge is 2.55. The summed E-state index contributed by atoms with van der Waals surface area (Å²) in [5.74, 6) is 11.1. The Morgan fingerprint density at radius 2 is 1.60 bits per heavy atom. The number of carbonyl (C=O) groups is 3. The van der Waals surface area contributed by atoms with E-state index in [4.69, 9.17) is 61.7 Å². The van der Waals surface area contributed by atoms with Gasteiger partial charge in [-0.15, -0.1) is 0 Å². The van der Waals surface area contributed by atoms with E-state index < -0.39 is 138 Å². The number of halogens is 1. The van der Waals surface area contributed by atoms with Crippen molar-refractivity contribution < 1.29 is 102 Å². The Bertz CT molecular complexity index is 2580. The first kappa shape index (κ1) is 69.1. The van der Waals surface area contributed by atoms with Crippen molar-refractivity contribution in [2.75, 3.05) is 60.7 Å². The van der Waals surface area contributed by atoms with Crippen molar-refractivity contribution >= 4 is 82.8 Å². The van der Waals surface area contributed by atoms with Crippen LogP contribution in [0.15, 0.2) is 11.6 Å². The lowest BCUT2D eigenvalue weighted by Gasteiger charge is -2.48. The zero-order valence-electron chi connectivity index (χ0n) is 48.6. The van der Waals surface area contributed by atoms with Crippen molar-refractivity contribution in [2.24, 2.45) is 5.92 Å². The molecule has 84 heavy (non-hydrogen) atoms. The number of fused-ring (bicyclic) bond motifs is 2. The molecule has 19 unspecified atom stereocenters. The summed E-state index contributed by atoms with van der Waals surface area (Å²) < 4.78 is 72.8. The molecule has 2 bridgehead atoms. The zero-order valence-corrected chi connectivity index (χ0v) is 54.0. The van der Waals surface area contributed by atoms with Crippen molar-refractivity contribution in [2.45, 2.75) is 188 Å². The molecule has 21 atom stereocenters. The van der Waals surface area contributed by atoms with Gasteiger partial charge in [-0.3, -0.25) is 14.4 Å². The number of nitrogens with one attached hydrogen (secondary N) is 3. The number of rotatable bonds is 22. The van der Waals surface area contributed by atoms with Crippen LogP contribution in [0.1, 0.15) is 75.7 Å². The minimum absolute atomic E-state index is 0.0314. The number of aliphatic hydroxyl groups excluding tert-OH is 4. The molecule has 4 aliphatic heterocycles. The fraction of sp³-hybridized carbons (Fsp3) is 0.727. The summed E-state index contributed by atoms with van der Waals surface area (Å²) in [6.45, 7) is 9.48. The number of aliphatic hydroxyl groups is 5. The van der Waals surface area contributed by atoms with Crippen LogP contribution in [0, 0.1) is 40.1 Å². The summed E-state index contributed by atoms with van der Waals surface area (Å²) in [5.41, 5.74) is 1.85. The van der Waals surface area contributed by atoms with Gasteiger partial charge >= 0.3 is 6.09 Å². The molecule has 4 heterocycles. The Morgan fingerprint density at radius 1 is 0.869 bits per heavy atom. The Balaban J connectivity index is 1.11. The third kappa shape index (κ3) is 15.9. The van der Waals surface area contributed by atoms with Crippen molar-refractivity contribution in [3.05, 3.63) is 26.3 Å².